The van der Waals surface area contributed by atoms with Crippen molar-refractivity contribution >= 4 is 6.03 Å². The first-order valence-corrected chi connectivity index (χ1v) is 8.28. The molecule has 120 valence electrons. The quantitative estimate of drug-likeness (QED) is 0.810. The fraction of sp³-hybridized carbons (Fsp3) is 0.556. The Hall–Kier alpha value is -1.84. The third kappa shape index (κ3) is 5.17. The van der Waals surface area contributed by atoms with Gasteiger partial charge < -0.3 is 10.2 Å². The SMILES string of the molecule is CC(C)N(Cc1cccnc1)C(=O)NCCC1=CCCCC1. The molecule has 1 aromatic rings. The Labute approximate surface area is 133 Å². The van der Waals surface area contributed by atoms with Crippen LogP contribution in [0.15, 0.2) is 36.2 Å². The first kappa shape index (κ1) is 16.5. The smallest absolute Gasteiger partial charge is 0.317 e. The molecular weight excluding hydrogens is 274 g/mol. The maximum atomic E-state index is 12.4. The summed E-state index contributed by atoms with van der Waals surface area (Å²) in [5.41, 5.74) is 2.55. The lowest BCUT2D eigenvalue weighted by Crippen LogP contribution is -2.43. The third-order valence-corrected chi connectivity index (χ3v) is 4.07. The van der Waals surface area contributed by atoms with E-state index in [4.69, 9.17) is 0 Å². The zero-order valence-electron chi connectivity index (χ0n) is 13.7. The molecule has 0 aliphatic heterocycles. The number of aromatic nitrogens is 1. The number of rotatable bonds is 6. The molecule has 0 bridgehead atoms. The average molecular weight is 301 g/mol. The number of carbonyl (C=O) groups excluding carboxylic acids is 1. The van der Waals surface area contributed by atoms with E-state index in [1.54, 1.807) is 6.20 Å². The van der Waals surface area contributed by atoms with Crippen LogP contribution in [-0.2, 0) is 6.54 Å². The molecule has 0 radical (unpaired) electrons. The lowest BCUT2D eigenvalue weighted by Gasteiger charge is -2.27. The molecule has 4 heteroatoms. The van der Waals surface area contributed by atoms with Crippen LogP contribution in [0.4, 0.5) is 4.79 Å². The van der Waals surface area contributed by atoms with Gasteiger partial charge in [0.1, 0.15) is 0 Å². The van der Waals surface area contributed by atoms with Crippen molar-refractivity contribution in [1.82, 2.24) is 15.2 Å². The molecule has 0 unspecified atom stereocenters. The summed E-state index contributed by atoms with van der Waals surface area (Å²) < 4.78 is 0. The van der Waals surface area contributed by atoms with E-state index in [2.05, 4.69) is 16.4 Å². The largest absolute Gasteiger partial charge is 0.338 e. The molecule has 0 aromatic carbocycles. The molecule has 0 saturated carbocycles. The van der Waals surface area contributed by atoms with Crippen LogP contribution in [0, 0.1) is 0 Å². The number of urea groups is 1. The van der Waals surface area contributed by atoms with E-state index in [1.807, 2.05) is 37.1 Å². The number of hydrogen-bond donors (Lipinski definition) is 1. The van der Waals surface area contributed by atoms with Crippen LogP contribution in [0.1, 0.15) is 51.5 Å². The van der Waals surface area contributed by atoms with E-state index in [9.17, 15) is 4.79 Å². The van der Waals surface area contributed by atoms with Crippen molar-refractivity contribution in [3.05, 3.63) is 41.7 Å². The highest BCUT2D eigenvalue weighted by Gasteiger charge is 2.17. The fourth-order valence-electron chi connectivity index (χ4n) is 2.74. The van der Waals surface area contributed by atoms with Gasteiger partial charge in [0, 0.05) is 31.5 Å². The minimum Gasteiger partial charge on any atom is -0.338 e. The van der Waals surface area contributed by atoms with Crippen molar-refractivity contribution in [2.45, 2.75) is 58.5 Å². The highest BCUT2D eigenvalue weighted by molar-refractivity contribution is 5.74. The van der Waals surface area contributed by atoms with Crippen molar-refractivity contribution in [2.24, 2.45) is 0 Å². The zero-order valence-corrected chi connectivity index (χ0v) is 13.7. The molecule has 1 aliphatic rings. The lowest BCUT2D eigenvalue weighted by molar-refractivity contribution is 0.180. The Morgan fingerprint density at radius 2 is 2.27 bits per heavy atom. The first-order chi connectivity index (χ1) is 10.7. The van der Waals surface area contributed by atoms with Gasteiger partial charge in [0.25, 0.3) is 0 Å². The number of carbonyl (C=O) groups is 1. The summed E-state index contributed by atoms with van der Waals surface area (Å²) in [6.07, 6.45) is 11.9. The molecule has 1 heterocycles. The maximum absolute atomic E-state index is 12.4. The molecular formula is C18H27N3O. The van der Waals surface area contributed by atoms with Gasteiger partial charge in [-0.1, -0.05) is 17.7 Å². The van der Waals surface area contributed by atoms with E-state index in [0.717, 1.165) is 18.5 Å². The molecule has 4 nitrogen and oxygen atoms in total. The molecule has 0 atom stereocenters. The first-order valence-electron chi connectivity index (χ1n) is 8.28. The molecule has 0 fully saturated rings. The summed E-state index contributed by atoms with van der Waals surface area (Å²) in [5, 5.41) is 3.06. The minimum absolute atomic E-state index is 0.00950. The van der Waals surface area contributed by atoms with Gasteiger partial charge in [-0.25, -0.2) is 4.79 Å². The van der Waals surface area contributed by atoms with Gasteiger partial charge in [0.2, 0.25) is 0 Å². The van der Waals surface area contributed by atoms with Crippen LogP contribution in [-0.4, -0.2) is 28.5 Å². The standard InChI is InChI=1S/C18H27N3O/c1-15(2)21(14-17-9-6-11-19-13-17)18(22)20-12-10-16-7-4-3-5-8-16/h6-7,9,11,13,15H,3-5,8,10,12,14H2,1-2H3,(H,20,22). The predicted molar refractivity (Wildman–Crippen MR) is 89.5 cm³/mol. The topological polar surface area (TPSA) is 45.2 Å². The maximum Gasteiger partial charge on any atom is 0.317 e. The summed E-state index contributed by atoms with van der Waals surface area (Å²) in [7, 11) is 0. The fourth-order valence-corrected chi connectivity index (χ4v) is 2.74. The third-order valence-electron chi connectivity index (χ3n) is 4.07. The van der Waals surface area contributed by atoms with Gasteiger partial charge >= 0.3 is 6.03 Å². The lowest BCUT2D eigenvalue weighted by atomic mass is 9.97. The van der Waals surface area contributed by atoms with Crippen LogP contribution in [0.2, 0.25) is 0 Å². The number of nitrogens with one attached hydrogen (secondary N) is 1. The minimum atomic E-state index is 0.00950. The Morgan fingerprint density at radius 3 is 2.91 bits per heavy atom. The highest BCUT2D eigenvalue weighted by Crippen LogP contribution is 2.19. The van der Waals surface area contributed by atoms with Crippen molar-refractivity contribution in [2.75, 3.05) is 6.54 Å². The van der Waals surface area contributed by atoms with E-state index < -0.39 is 0 Å². The second-order valence-electron chi connectivity index (χ2n) is 6.17. The van der Waals surface area contributed by atoms with Crippen LogP contribution >= 0.6 is 0 Å². The second kappa shape index (κ2) is 8.57. The average Bonchev–Trinajstić information content (AvgIpc) is 2.54. The summed E-state index contributed by atoms with van der Waals surface area (Å²) in [5.74, 6) is 0. The van der Waals surface area contributed by atoms with Gasteiger partial charge in [-0.05, 0) is 57.6 Å². The number of pyridine rings is 1. The number of amides is 2. The van der Waals surface area contributed by atoms with Crippen LogP contribution in [0.5, 0.6) is 0 Å². The van der Waals surface area contributed by atoms with E-state index in [1.165, 1.54) is 31.3 Å². The van der Waals surface area contributed by atoms with Gasteiger partial charge in [0.15, 0.2) is 0 Å². The molecule has 22 heavy (non-hydrogen) atoms. The molecule has 0 spiro atoms. The van der Waals surface area contributed by atoms with Crippen LogP contribution in [0.3, 0.4) is 0 Å². The van der Waals surface area contributed by atoms with Crippen molar-refractivity contribution in [1.29, 1.82) is 0 Å². The summed E-state index contributed by atoms with van der Waals surface area (Å²) in [6.45, 7) is 5.40. The van der Waals surface area contributed by atoms with Gasteiger partial charge in [-0.15, -0.1) is 0 Å². The van der Waals surface area contributed by atoms with Crippen LogP contribution < -0.4 is 5.32 Å². The molecule has 1 N–H and O–H groups in total. The Balaban J connectivity index is 1.83. The van der Waals surface area contributed by atoms with E-state index in [-0.39, 0.29) is 12.1 Å². The van der Waals surface area contributed by atoms with Gasteiger partial charge in [-0.3, -0.25) is 4.98 Å². The highest BCUT2D eigenvalue weighted by atomic mass is 16.2. The second-order valence-corrected chi connectivity index (χ2v) is 6.17. The summed E-state index contributed by atoms with van der Waals surface area (Å²) >= 11 is 0. The molecule has 1 aromatic heterocycles. The molecule has 2 rings (SSSR count). The van der Waals surface area contributed by atoms with Gasteiger partial charge in [-0.2, -0.15) is 0 Å². The number of hydrogen-bond acceptors (Lipinski definition) is 2. The van der Waals surface area contributed by atoms with Crippen molar-refractivity contribution in [3.8, 4) is 0 Å². The van der Waals surface area contributed by atoms with Gasteiger partial charge in [0.05, 0.1) is 0 Å². The number of nitrogens with zero attached hydrogens (tertiary/aromatic N) is 2. The van der Waals surface area contributed by atoms with E-state index >= 15 is 0 Å². The molecule has 1 aliphatic carbocycles. The monoisotopic (exact) mass is 301 g/mol. The Bertz CT molecular complexity index is 496. The Morgan fingerprint density at radius 1 is 1.41 bits per heavy atom. The van der Waals surface area contributed by atoms with E-state index in [0.29, 0.717) is 6.54 Å². The van der Waals surface area contributed by atoms with Crippen molar-refractivity contribution in [3.63, 3.8) is 0 Å². The van der Waals surface area contributed by atoms with Crippen LogP contribution in [0.25, 0.3) is 0 Å². The zero-order chi connectivity index (χ0) is 15.8. The number of allylic oxidation sites excluding steroid dienone is 1. The summed E-state index contributed by atoms with van der Waals surface area (Å²) in [4.78, 5) is 18.4. The predicted octanol–water partition coefficient (Wildman–Crippen LogP) is 3.89. The molecule has 2 amide bonds. The Kier molecular flexibility index (Phi) is 6.44. The normalized spacial score (nSPS) is 14.6. The summed E-state index contributed by atoms with van der Waals surface area (Å²) in [6, 6.07) is 4.08. The van der Waals surface area contributed by atoms with Crippen molar-refractivity contribution < 1.29 is 4.79 Å². The molecule has 0 saturated heterocycles.